The van der Waals surface area contributed by atoms with Crippen LogP contribution < -0.4 is 9.80 Å². The molecule has 2 aliphatic heterocycles. The van der Waals surface area contributed by atoms with E-state index in [0.717, 1.165) is 17.0 Å². The first-order valence-corrected chi connectivity index (χ1v) is 12.0. The van der Waals surface area contributed by atoms with Crippen molar-refractivity contribution < 1.29 is 40.8 Å². The highest BCUT2D eigenvalue weighted by Gasteiger charge is 2.36. The van der Waals surface area contributed by atoms with E-state index in [1.807, 2.05) is 0 Å². The van der Waals surface area contributed by atoms with Crippen molar-refractivity contribution in [2.75, 3.05) is 48.3 Å². The van der Waals surface area contributed by atoms with Gasteiger partial charge in [-0.3, -0.25) is 9.45 Å². The van der Waals surface area contributed by atoms with Crippen LogP contribution >= 0.6 is 0 Å². The molecule has 3 rings (SSSR count). The highest BCUT2D eigenvalue weighted by atomic mass is 32.2. The first-order valence-electron chi connectivity index (χ1n) is 10.4. The van der Waals surface area contributed by atoms with Crippen molar-refractivity contribution in [3.05, 3.63) is 23.8 Å². The molecule has 33 heavy (non-hydrogen) atoms. The number of ether oxygens (including phenoxy) is 2. The third-order valence-corrected chi connectivity index (χ3v) is 5.95. The Kier molecular flexibility index (Phi) is 7.03. The summed E-state index contributed by atoms with van der Waals surface area (Å²) in [6.45, 7) is 5.85. The number of piperazine rings is 1. The molecule has 0 saturated carbocycles. The first kappa shape index (κ1) is 25.0. The molecule has 1 aromatic rings. The van der Waals surface area contributed by atoms with E-state index in [9.17, 15) is 26.8 Å². The van der Waals surface area contributed by atoms with E-state index >= 15 is 0 Å². The summed E-state index contributed by atoms with van der Waals surface area (Å²) in [5, 5.41) is 0. The van der Waals surface area contributed by atoms with E-state index in [1.165, 1.54) is 9.80 Å². The molecule has 184 valence electrons. The maximum atomic E-state index is 15.0. The minimum atomic E-state index is -4.28. The van der Waals surface area contributed by atoms with E-state index in [-0.39, 0.29) is 50.6 Å². The molecular formula is C20H27F2N3O7S. The molecule has 0 radical (unpaired) electrons. The van der Waals surface area contributed by atoms with Crippen LogP contribution in [-0.4, -0.2) is 80.2 Å². The lowest BCUT2D eigenvalue weighted by atomic mass is 10.1. The molecular weight excluding hydrogens is 464 g/mol. The summed E-state index contributed by atoms with van der Waals surface area (Å²) < 4.78 is 71.1. The molecule has 2 aliphatic rings. The second-order valence-electron chi connectivity index (χ2n) is 8.89. The van der Waals surface area contributed by atoms with Gasteiger partial charge in [0, 0.05) is 38.3 Å². The molecule has 0 bridgehead atoms. The number of hydrogen-bond donors (Lipinski definition) is 1. The van der Waals surface area contributed by atoms with E-state index in [1.54, 1.807) is 20.8 Å². The lowest BCUT2D eigenvalue weighted by Gasteiger charge is -2.37. The number of anilines is 2. The maximum Gasteiger partial charge on any atom is 0.414 e. The first-order chi connectivity index (χ1) is 15.2. The molecule has 2 heterocycles. The Bertz CT molecular complexity index is 998. The molecule has 2 amide bonds. The Hall–Kier alpha value is -2.67. The molecule has 2 fully saturated rings. The Morgan fingerprint density at radius 1 is 1.18 bits per heavy atom. The van der Waals surface area contributed by atoms with Gasteiger partial charge in [0.1, 0.15) is 17.9 Å². The number of amides is 2. The predicted octanol–water partition coefficient (Wildman–Crippen LogP) is 2.63. The van der Waals surface area contributed by atoms with Crippen LogP contribution in [0.2, 0.25) is 0 Å². The summed E-state index contributed by atoms with van der Waals surface area (Å²) in [5.41, 5.74) is -1.06. The third kappa shape index (κ3) is 6.22. The summed E-state index contributed by atoms with van der Waals surface area (Å²) >= 11 is 0. The smallest absolute Gasteiger partial charge is 0.414 e. The molecule has 10 nitrogen and oxygen atoms in total. The largest absolute Gasteiger partial charge is 0.447 e. The van der Waals surface area contributed by atoms with Gasteiger partial charge >= 0.3 is 12.2 Å². The fraction of sp³-hybridized carbons (Fsp3) is 0.600. The van der Waals surface area contributed by atoms with Crippen molar-refractivity contribution in [2.24, 2.45) is 0 Å². The van der Waals surface area contributed by atoms with Crippen LogP contribution in [0.3, 0.4) is 0 Å². The molecule has 1 atom stereocenters. The average Bonchev–Trinajstić information content (AvgIpc) is 3.05. The van der Waals surface area contributed by atoms with Crippen LogP contribution in [-0.2, 0) is 19.6 Å². The molecule has 1 N–H and O–H groups in total. The van der Waals surface area contributed by atoms with Gasteiger partial charge in [-0.05, 0) is 27.2 Å². The van der Waals surface area contributed by atoms with Crippen molar-refractivity contribution in [2.45, 2.75) is 38.8 Å². The number of hydrogen-bond acceptors (Lipinski definition) is 7. The Morgan fingerprint density at radius 3 is 2.27 bits per heavy atom. The summed E-state index contributed by atoms with van der Waals surface area (Å²) in [7, 11) is -4.28. The van der Waals surface area contributed by atoms with Crippen molar-refractivity contribution in [3.63, 3.8) is 0 Å². The van der Waals surface area contributed by atoms with Crippen LogP contribution in [0.25, 0.3) is 0 Å². The second kappa shape index (κ2) is 9.29. The summed E-state index contributed by atoms with van der Waals surface area (Å²) in [6.07, 6.45) is -1.53. The monoisotopic (exact) mass is 491 g/mol. The summed E-state index contributed by atoms with van der Waals surface area (Å²) in [5.74, 6) is -2.46. The lowest BCUT2D eigenvalue weighted by molar-refractivity contribution is 0.0240. The molecule has 0 aromatic heterocycles. The number of cyclic esters (lactones) is 1. The van der Waals surface area contributed by atoms with Gasteiger partial charge in [0.15, 0.2) is 11.6 Å². The number of benzene rings is 1. The van der Waals surface area contributed by atoms with Crippen LogP contribution in [0.5, 0.6) is 0 Å². The highest BCUT2D eigenvalue weighted by molar-refractivity contribution is 7.85. The standard InChI is InChI=1S/C20H27F2N3O7S/c1-20(2,3)32-18(26)24-7-5-23(6-8-24)17-15(21)10-14(11-16(17)22)25-13(12-31-19(25)27)4-9-33(28,29)30/h10-11,13H,4-9,12H2,1-3H3,(H,28,29,30). The summed E-state index contributed by atoms with van der Waals surface area (Å²) in [6, 6.07) is 1.15. The third-order valence-electron chi connectivity index (χ3n) is 5.20. The zero-order chi connectivity index (χ0) is 24.6. The van der Waals surface area contributed by atoms with E-state index < -0.39 is 51.3 Å². The quantitative estimate of drug-likeness (QED) is 0.625. The maximum absolute atomic E-state index is 15.0. The van der Waals surface area contributed by atoms with Gasteiger partial charge in [0.05, 0.1) is 17.5 Å². The van der Waals surface area contributed by atoms with Crippen molar-refractivity contribution in [1.29, 1.82) is 0 Å². The van der Waals surface area contributed by atoms with E-state index in [0.29, 0.717) is 0 Å². The van der Waals surface area contributed by atoms with Gasteiger partial charge in [-0.2, -0.15) is 8.42 Å². The zero-order valence-electron chi connectivity index (χ0n) is 18.6. The Labute approximate surface area is 190 Å². The fourth-order valence-electron chi connectivity index (χ4n) is 3.71. The Morgan fingerprint density at radius 2 is 1.76 bits per heavy atom. The van der Waals surface area contributed by atoms with E-state index in [4.69, 9.17) is 14.0 Å². The van der Waals surface area contributed by atoms with Crippen molar-refractivity contribution in [3.8, 4) is 0 Å². The average molecular weight is 492 g/mol. The van der Waals surface area contributed by atoms with Crippen LogP contribution in [0.1, 0.15) is 27.2 Å². The minimum Gasteiger partial charge on any atom is -0.447 e. The normalized spacial score (nSPS) is 19.6. The number of carbonyl (C=O) groups excluding carboxylic acids is 2. The second-order valence-corrected chi connectivity index (χ2v) is 10.5. The number of halogens is 2. The SMILES string of the molecule is CC(C)(C)OC(=O)N1CCN(c2c(F)cc(N3C(=O)OCC3CCS(=O)(=O)O)cc2F)CC1. The number of nitrogens with zero attached hydrogens (tertiary/aromatic N) is 3. The predicted molar refractivity (Wildman–Crippen MR) is 115 cm³/mol. The van der Waals surface area contributed by atoms with Gasteiger partial charge in [-0.1, -0.05) is 0 Å². The molecule has 0 spiro atoms. The van der Waals surface area contributed by atoms with Gasteiger partial charge in [-0.15, -0.1) is 0 Å². The van der Waals surface area contributed by atoms with Gasteiger partial charge in [0.25, 0.3) is 10.1 Å². The lowest BCUT2D eigenvalue weighted by Crippen LogP contribution is -2.50. The van der Waals surface area contributed by atoms with Gasteiger partial charge < -0.3 is 19.3 Å². The van der Waals surface area contributed by atoms with Crippen molar-refractivity contribution in [1.82, 2.24) is 4.90 Å². The molecule has 2 saturated heterocycles. The van der Waals surface area contributed by atoms with Gasteiger partial charge in [0.2, 0.25) is 0 Å². The van der Waals surface area contributed by atoms with E-state index in [2.05, 4.69) is 0 Å². The summed E-state index contributed by atoms with van der Waals surface area (Å²) in [4.78, 5) is 28.2. The molecule has 0 aliphatic carbocycles. The molecule has 13 heteroatoms. The highest BCUT2D eigenvalue weighted by Crippen LogP contribution is 2.33. The number of rotatable bonds is 5. The zero-order valence-corrected chi connectivity index (χ0v) is 19.4. The van der Waals surface area contributed by atoms with Crippen LogP contribution in [0.4, 0.5) is 29.7 Å². The van der Waals surface area contributed by atoms with Gasteiger partial charge in [-0.25, -0.2) is 18.4 Å². The van der Waals surface area contributed by atoms with Crippen LogP contribution in [0, 0.1) is 11.6 Å². The van der Waals surface area contributed by atoms with Crippen molar-refractivity contribution >= 4 is 33.7 Å². The van der Waals surface area contributed by atoms with Crippen LogP contribution in [0.15, 0.2) is 12.1 Å². The Balaban J connectivity index is 1.73. The molecule has 1 unspecified atom stereocenters. The molecule has 1 aromatic carbocycles. The minimum absolute atomic E-state index is 0.121. The fourth-order valence-corrected chi connectivity index (χ4v) is 4.28. The topological polar surface area (TPSA) is 117 Å². The number of carbonyl (C=O) groups is 2.